The summed E-state index contributed by atoms with van der Waals surface area (Å²) in [5.74, 6) is -1.13. The molecule has 0 spiro atoms. The molecule has 6 nitrogen and oxygen atoms in total. The Bertz CT molecular complexity index is 1110. The molecule has 30 heavy (non-hydrogen) atoms. The molecule has 0 saturated carbocycles. The largest absolute Gasteiger partial charge is 0.416 e. The van der Waals surface area contributed by atoms with Gasteiger partial charge in [-0.3, -0.25) is 9.59 Å². The van der Waals surface area contributed by atoms with E-state index in [0.29, 0.717) is 11.4 Å². The maximum absolute atomic E-state index is 13.1. The standard InChI is InChI=1S/C20H16BrF3N4O2/c1-11-16(10-25-28(11)15-6-4-14(21)5-7-15)19(30)27-18-9-13(20(22,23)24)3-8-17(18)26-12(2)29/h3-10H,1-2H3,(H,26,29)(H,27,30). The maximum Gasteiger partial charge on any atom is 0.416 e. The molecule has 0 atom stereocenters. The summed E-state index contributed by atoms with van der Waals surface area (Å²) in [7, 11) is 0. The number of aromatic nitrogens is 2. The van der Waals surface area contributed by atoms with Crippen molar-refractivity contribution in [3.63, 3.8) is 0 Å². The van der Waals surface area contributed by atoms with Crippen molar-refractivity contribution in [1.82, 2.24) is 9.78 Å². The van der Waals surface area contributed by atoms with Crippen LogP contribution in [0.25, 0.3) is 5.69 Å². The van der Waals surface area contributed by atoms with Gasteiger partial charge in [-0.05, 0) is 49.4 Å². The van der Waals surface area contributed by atoms with E-state index in [9.17, 15) is 22.8 Å². The molecule has 2 amide bonds. The lowest BCUT2D eigenvalue weighted by Crippen LogP contribution is -2.17. The van der Waals surface area contributed by atoms with E-state index >= 15 is 0 Å². The minimum atomic E-state index is -4.60. The summed E-state index contributed by atoms with van der Waals surface area (Å²) in [5, 5.41) is 9.06. The topological polar surface area (TPSA) is 76.0 Å². The number of alkyl halides is 3. The quantitative estimate of drug-likeness (QED) is 0.540. The third-order valence-electron chi connectivity index (χ3n) is 4.23. The highest BCUT2D eigenvalue weighted by atomic mass is 79.9. The van der Waals surface area contributed by atoms with Gasteiger partial charge in [-0.1, -0.05) is 15.9 Å². The number of hydrogen-bond donors (Lipinski definition) is 2. The van der Waals surface area contributed by atoms with E-state index in [-0.39, 0.29) is 16.9 Å². The van der Waals surface area contributed by atoms with Crippen molar-refractivity contribution in [2.45, 2.75) is 20.0 Å². The number of nitrogens with one attached hydrogen (secondary N) is 2. The summed E-state index contributed by atoms with van der Waals surface area (Å²) >= 11 is 3.34. The molecule has 1 heterocycles. The highest BCUT2D eigenvalue weighted by Gasteiger charge is 2.31. The fourth-order valence-electron chi connectivity index (χ4n) is 2.79. The molecule has 10 heteroatoms. The molecular weight excluding hydrogens is 465 g/mol. The van der Waals surface area contributed by atoms with Crippen LogP contribution in [0.2, 0.25) is 0 Å². The van der Waals surface area contributed by atoms with Crippen LogP contribution in [0, 0.1) is 6.92 Å². The Morgan fingerprint density at radius 1 is 1.03 bits per heavy atom. The Kier molecular flexibility index (Phi) is 5.97. The fourth-order valence-corrected chi connectivity index (χ4v) is 3.05. The molecule has 2 N–H and O–H groups in total. The van der Waals surface area contributed by atoms with Crippen LogP contribution >= 0.6 is 15.9 Å². The van der Waals surface area contributed by atoms with Crippen LogP contribution in [0.5, 0.6) is 0 Å². The first-order valence-electron chi connectivity index (χ1n) is 8.67. The van der Waals surface area contributed by atoms with Crippen molar-refractivity contribution < 1.29 is 22.8 Å². The minimum Gasteiger partial charge on any atom is -0.325 e. The molecular formula is C20H16BrF3N4O2. The summed E-state index contributed by atoms with van der Waals surface area (Å²) in [6.07, 6.45) is -3.27. The molecule has 0 saturated heterocycles. The molecule has 0 aliphatic rings. The molecule has 0 fully saturated rings. The van der Waals surface area contributed by atoms with Crippen LogP contribution in [-0.2, 0) is 11.0 Å². The molecule has 0 aliphatic carbocycles. The molecule has 0 bridgehead atoms. The van der Waals surface area contributed by atoms with E-state index in [0.717, 1.165) is 22.7 Å². The average Bonchev–Trinajstić information content (AvgIpc) is 3.04. The Hall–Kier alpha value is -3.14. The van der Waals surface area contributed by atoms with Gasteiger partial charge in [-0.2, -0.15) is 18.3 Å². The van der Waals surface area contributed by atoms with Crippen molar-refractivity contribution in [2.75, 3.05) is 10.6 Å². The molecule has 0 radical (unpaired) electrons. The zero-order chi connectivity index (χ0) is 22.1. The summed E-state index contributed by atoms with van der Waals surface area (Å²) in [6, 6.07) is 9.94. The number of carbonyl (C=O) groups is 2. The van der Waals surface area contributed by atoms with E-state index in [1.54, 1.807) is 23.7 Å². The van der Waals surface area contributed by atoms with Crippen molar-refractivity contribution in [2.24, 2.45) is 0 Å². The van der Waals surface area contributed by atoms with Gasteiger partial charge in [0, 0.05) is 11.4 Å². The highest BCUT2D eigenvalue weighted by Crippen LogP contribution is 2.34. The van der Waals surface area contributed by atoms with Gasteiger partial charge in [0.05, 0.1) is 40.1 Å². The average molecular weight is 481 g/mol. The van der Waals surface area contributed by atoms with Crippen LogP contribution in [0.3, 0.4) is 0 Å². The van der Waals surface area contributed by atoms with E-state index in [4.69, 9.17) is 0 Å². The second-order valence-electron chi connectivity index (χ2n) is 6.43. The van der Waals surface area contributed by atoms with Gasteiger partial charge in [0.2, 0.25) is 5.91 Å². The fraction of sp³-hybridized carbons (Fsp3) is 0.150. The van der Waals surface area contributed by atoms with Gasteiger partial charge in [-0.25, -0.2) is 4.68 Å². The van der Waals surface area contributed by atoms with E-state index < -0.39 is 23.6 Å². The van der Waals surface area contributed by atoms with Crippen LogP contribution in [-0.4, -0.2) is 21.6 Å². The summed E-state index contributed by atoms with van der Waals surface area (Å²) in [6.45, 7) is 2.89. The van der Waals surface area contributed by atoms with E-state index in [1.165, 1.54) is 13.1 Å². The number of amides is 2. The first kappa shape index (κ1) is 21.6. The lowest BCUT2D eigenvalue weighted by molar-refractivity contribution is -0.137. The second kappa shape index (κ2) is 8.31. The number of hydrogen-bond acceptors (Lipinski definition) is 3. The lowest BCUT2D eigenvalue weighted by Gasteiger charge is -2.15. The van der Waals surface area contributed by atoms with Crippen molar-refractivity contribution in [1.29, 1.82) is 0 Å². The predicted molar refractivity (Wildman–Crippen MR) is 110 cm³/mol. The smallest absolute Gasteiger partial charge is 0.325 e. The first-order valence-corrected chi connectivity index (χ1v) is 9.46. The Morgan fingerprint density at radius 3 is 2.30 bits per heavy atom. The molecule has 3 aromatic rings. The van der Waals surface area contributed by atoms with Crippen molar-refractivity contribution >= 4 is 39.1 Å². The molecule has 3 rings (SSSR count). The predicted octanol–water partition coefficient (Wildman–Crippen LogP) is 5.17. The molecule has 156 valence electrons. The third kappa shape index (κ3) is 4.70. The third-order valence-corrected chi connectivity index (χ3v) is 4.76. The van der Waals surface area contributed by atoms with Gasteiger partial charge >= 0.3 is 6.18 Å². The normalized spacial score (nSPS) is 11.3. The van der Waals surface area contributed by atoms with Gasteiger partial charge in [0.15, 0.2) is 0 Å². The van der Waals surface area contributed by atoms with Crippen LogP contribution in [0.15, 0.2) is 53.1 Å². The van der Waals surface area contributed by atoms with E-state index in [2.05, 4.69) is 31.7 Å². The monoisotopic (exact) mass is 480 g/mol. The SMILES string of the molecule is CC(=O)Nc1ccc(C(F)(F)F)cc1NC(=O)c1cnn(-c2ccc(Br)cc2)c1C. The maximum atomic E-state index is 13.1. The van der Waals surface area contributed by atoms with Crippen LogP contribution in [0.4, 0.5) is 24.5 Å². The summed E-state index contributed by atoms with van der Waals surface area (Å²) in [4.78, 5) is 24.1. The van der Waals surface area contributed by atoms with Gasteiger partial charge in [0.1, 0.15) is 0 Å². The molecule has 2 aromatic carbocycles. The number of halogens is 4. The number of rotatable bonds is 4. The number of carbonyl (C=O) groups excluding carboxylic acids is 2. The Morgan fingerprint density at radius 2 is 1.70 bits per heavy atom. The van der Waals surface area contributed by atoms with Crippen LogP contribution < -0.4 is 10.6 Å². The summed E-state index contributed by atoms with van der Waals surface area (Å²) < 4.78 is 41.7. The zero-order valence-electron chi connectivity index (χ0n) is 15.8. The van der Waals surface area contributed by atoms with Gasteiger partial charge < -0.3 is 10.6 Å². The van der Waals surface area contributed by atoms with Gasteiger partial charge in [-0.15, -0.1) is 0 Å². The zero-order valence-corrected chi connectivity index (χ0v) is 17.4. The lowest BCUT2D eigenvalue weighted by atomic mass is 10.1. The Balaban J connectivity index is 1.93. The second-order valence-corrected chi connectivity index (χ2v) is 7.34. The van der Waals surface area contributed by atoms with E-state index in [1.807, 2.05) is 12.1 Å². The minimum absolute atomic E-state index is 0.0572. The van der Waals surface area contributed by atoms with Crippen molar-refractivity contribution in [3.05, 3.63) is 70.0 Å². The molecule has 0 aliphatic heterocycles. The molecule has 1 aromatic heterocycles. The molecule has 0 unspecified atom stereocenters. The summed E-state index contributed by atoms with van der Waals surface area (Å²) in [5.41, 5.74) is 0.344. The van der Waals surface area contributed by atoms with Gasteiger partial charge in [0.25, 0.3) is 5.91 Å². The van der Waals surface area contributed by atoms with Crippen molar-refractivity contribution in [3.8, 4) is 5.69 Å². The number of benzene rings is 2. The Labute approximate surface area is 178 Å². The number of anilines is 2. The van der Waals surface area contributed by atoms with Crippen LogP contribution in [0.1, 0.15) is 28.5 Å². The highest BCUT2D eigenvalue weighted by molar-refractivity contribution is 9.10. The number of nitrogens with zero attached hydrogens (tertiary/aromatic N) is 2. The first-order chi connectivity index (χ1) is 14.1.